The molecule has 0 unspecified atom stereocenters. The monoisotopic (exact) mass is 207 g/mol. The van der Waals surface area contributed by atoms with Crippen molar-refractivity contribution in [2.24, 2.45) is 17.3 Å². The third-order valence-corrected chi connectivity index (χ3v) is 5.47. The quantitative estimate of drug-likeness (QED) is 0.642. The number of rotatable bonds is 0. The molecular formula is C14H25N. The fourth-order valence-corrected chi connectivity index (χ4v) is 4.49. The van der Waals surface area contributed by atoms with Gasteiger partial charge in [0.1, 0.15) is 0 Å². The lowest BCUT2D eigenvalue weighted by Gasteiger charge is -2.48. The minimum atomic E-state index is 0.782. The van der Waals surface area contributed by atoms with Gasteiger partial charge in [-0.05, 0) is 62.4 Å². The Bertz CT molecular complexity index is 217. The summed E-state index contributed by atoms with van der Waals surface area (Å²) in [5.41, 5.74) is 0.782. The Labute approximate surface area is 94.0 Å². The highest BCUT2D eigenvalue weighted by atomic mass is 14.9. The molecule has 1 aliphatic heterocycles. The van der Waals surface area contributed by atoms with Gasteiger partial charge in [0.2, 0.25) is 0 Å². The highest BCUT2D eigenvalue weighted by Gasteiger charge is 2.41. The van der Waals surface area contributed by atoms with Gasteiger partial charge >= 0.3 is 0 Å². The molecule has 1 heteroatoms. The van der Waals surface area contributed by atoms with E-state index < -0.39 is 0 Å². The predicted molar refractivity (Wildman–Crippen MR) is 63.8 cm³/mol. The molecule has 0 radical (unpaired) electrons. The number of fused-ring (bicyclic) bond motifs is 1. The average Bonchev–Trinajstić information content (AvgIpc) is 2.30. The van der Waals surface area contributed by atoms with Gasteiger partial charge in [-0.3, -0.25) is 0 Å². The molecule has 2 atom stereocenters. The Kier molecular flexibility index (Phi) is 2.76. The zero-order valence-corrected chi connectivity index (χ0v) is 9.93. The fraction of sp³-hybridized carbons (Fsp3) is 1.00. The molecule has 3 fully saturated rings. The van der Waals surface area contributed by atoms with Crippen LogP contribution in [0.1, 0.15) is 57.8 Å². The van der Waals surface area contributed by atoms with Gasteiger partial charge in [-0.25, -0.2) is 0 Å². The molecule has 1 nitrogen and oxygen atoms in total. The van der Waals surface area contributed by atoms with Crippen molar-refractivity contribution in [3.63, 3.8) is 0 Å². The molecule has 3 rings (SSSR count). The van der Waals surface area contributed by atoms with E-state index in [1.54, 1.807) is 32.1 Å². The SMILES string of the molecule is C1CC[C@@H]2CC3(CCNCC3)CC[C@H]2C1. The van der Waals surface area contributed by atoms with Crippen LogP contribution in [0.25, 0.3) is 0 Å². The first-order valence-electron chi connectivity index (χ1n) is 7.09. The smallest absolute Gasteiger partial charge is 0.00436 e. The van der Waals surface area contributed by atoms with E-state index in [2.05, 4.69) is 5.32 Å². The Morgan fingerprint density at radius 2 is 1.53 bits per heavy atom. The van der Waals surface area contributed by atoms with Crippen molar-refractivity contribution in [1.82, 2.24) is 5.32 Å². The Morgan fingerprint density at radius 3 is 2.33 bits per heavy atom. The lowest BCUT2D eigenvalue weighted by molar-refractivity contribution is 0.0354. The summed E-state index contributed by atoms with van der Waals surface area (Å²) in [6.07, 6.45) is 13.8. The molecule has 0 bridgehead atoms. The van der Waals surface area contributed by atoms with Crippen LogP contribution in [0.3, 0.4) is 0 Å². The van der Waals surface area contributed by atoms with Crippen LogP contribution in [0.15, 0.2) is 0 Å². The third-order valence-electron chi connectivity index (χ3n) is 5.47. The summed E-state index contributed by atoms with van der Waals surface area (Å²) < 4.78 is 0. The molecule has 1 N–H and O–H groups in total. The zero-order chi connectivity index (χ0) is 10.1. The van der Waals surface area contributed by atoms with Gasteiger partial charge in [0.05, 0.1) is 0 Å². The molecule has 2 aliphatic carbocycles. The van der Waals surface area contributed by atoms with Gasteiger partial charge in [0.15, 0.2) is 0 Å². The van der Waals surface area contributed by atoms with Gasteiger partial charge in [0.25, 0.3) is 0 Å². The Morgan fingerprint density at radius 1 is 0.800 bits per heavy atom. The van der Waals surface area contributed by atoms with Crippen molar-refractivity contribution in [2.75, 3.05) is 13.1 Å². The standard InChI is InChI=1S/C14H25N/c1-2-4-13-11-14(6-5-12(13)3-1)7-9-15-10-8-14/h12-13,15H,1-11H2/t12-,13-/m1/s1. The van der Waals surface area contributed by atoms with Crippen molar-refractivity contribution in [3.8, 4) is 0 Å². The minimum absolute atomic E-state index is 0.782. The maximum atomic E-state index is 3.53. The number of hydrogen-bond acceptors (Lipinski definition) is 1. The highest BCUT2D eigenvalue weighted by molar-refractivity contribution is 4.93. The summed E-state index contributed by atoms with van der Waals surface area (Å²) in [5.74, 6) is 2.24. The first-order valence-corrected chi connectivity index (χ1v) is 7.09. The molecular weight excluding hydrogens is 182 g/mol. The molecule has 1 saturated heterocycles. The van der Waals surface area contributed by atoms with E-state index in [1.165, 1.54) is 38.8 Å². The molecule has 1 spiro atoms. The van der Waals surface area contributed by atoms with E-state index in [0.29, 0.717) is 0 Å². The summed E-state index contributed by atoms with van der Waals surface area (Å²) in [7, 11) is 0. The molecule has 3 aliphatic rings. The van der Waals surface area contributed by atoms with E-state index in [4.69, 9.17) is 0 Å². The van der Waals surface area contributed by atoms with Gasteiger partial charge in [-0.15, -0.1) is 0 Å². The van der Waals surface area contributed by atoms with Crippen LogP contribution in [-0.2, 0) is 0 Å². The van der Waals surface area contributed by atoms with E-state index >= 15 is 0 Å². The van der Waals surface area contributed by atoms with Gasteiger partial charge in [-0.1, -0.05) is 25.7 Å². The molecule has 1 heterocycles. The van der Waals surface area contributed by atoms with E-state index in [-0.39, 0.29) is 0 Å². The maximum absolute atomic E-state index is 3.53. The zero-order valence-electron chi connectivity index (χ0n) is 9.93. The lowest BCUT2D eigenvalue weighted by Crippen LogP contribution is -2.42. The average molecular weight is 207 g/mol. The van der Waals surface area contributed by atoms with E-state index in [9.17, 15) is 0 Å². The van der Waals surface area contributed by atoms with E-state index in [0.717, 1.165) is 17.3 Å². The molecule has 86 valence electrons. The molecule has 15 heavy (non-hydrogen) atoms. The second-order valence-corrected chi connectivity index (χ2v) is 6.30. The molecule has 0 aromatic rings. The summed E-state index contributed by atoms with van der Waals surface area (Å²) in [5, 5.41) is 3.53. The first-order chi connectivity index (χ1) is 7.38. The van der Waals surface area contributed by atoms with Gasteiger partial charge in [-0.2, -0.15) is 0 Å². The highest BCUT2D eigenvalue weighted by Crippen LogP contribution is 2.51. The molecule has 0 aromatic heterocycles. The summed E-state index contributed by atoms with van der Waals surface area (Å²) in [6.45, 7) is 2.58. The predicted octanol–water partition coefficient (Wildman–Crippen LogP) is 3.35. The maximum Gasteiger partial charge on any atom is -0.00436 e. The van der Waals surface area contributed by atoms with Crippen LogP contribution >= 0.6 is 0 Å². The number of hydrogen-bond donors (Lipinski definition) is 1. The fourth-order valence-electron chi connectivity index (χ4n) is 4.49. The minimum Gasteiger partial charge on any atom is -0.317 e. The van der Waals surface area contributed by atoms with Crippen LogP contribution in [0.5, 0.6) is 0 Å². The van der Waals surface area contributed by atoms with Crippen molar-refractivity contribution in [2.45, 2.75) is 57.8 Å². The van der Waals surface area contributed by atoms with E-state index in [1.807, 2.05) is 0 Å². The molecule has 0 amide bonds. The molecule has 2 saturated carbocycles. The largest absolute Gasteiger partial charge is 0.317 e. The summed E-state index contributed by atoms with van der Waals surface area (Å²) in [4.78, 5) is 0. The van der Waals surface area contributed by atoms with Crippen molar-refractivity contribution in [3.05, 3.63) is 0 Å². The topological polar surface area (TPSA) is 12.0 Å². The molecule has 0 aromatic carbocycles. The number of piperidine rings is 1. The summed E-state index contributed by atoms with van der Waals surface area (Å²) in [6, 6.07) is 0. The normalized spacial score (nSPS) is 40.0. The number of nitrogens with one attached hydrogen (secondary N) is 1. The van der Waals surface area contributed by atoms with Crippen molar-refractivity contribution < 1.29 is 0 Å². The van der Waals surface area contributed by atoms with Gasteiger partial charge in [0, 0.05) is 0 Å². The van der Waals surface area contributed by atoms with Crippen molar-refractivity contribution >= 4 is 0 Å². The third kappa shape index (κ3) is 1.95. The Hall–Kier alpha value is -0.0400. The van der Waals surface area contributed by atoms with Crippen LogP contribution in [-0.4, -0.2) is 13.1 Å². The lowest BCUT2D eigenvalue weighted by atomic mass is 9.58. The van der Waals surface area contributed by atoms with Crippen molar-refractivity contribution in [1.29, 1.82) is 0 Å². The first kappa shape index (κ1) is 10.1. The second-order valence-electron chi connectivity index (χ2n) is 6.30. The summed E-state index contributed by atoms with van der Waals surface area (Å²) >= 11 is 0. The van der Waals surface area contributed by atoms with Crippen LogP contribution < -0.4 is 5.32 Å². The van der Waals surface area contributed by atoms with Crippen LogP contribution in [0.4, 0.5) is 0 Å². The van der Waals surface area contributed by atoms with Gasteiger partial charge < -0.3 is 5.32 Å². The Balaban J connectivity index is 1.68. The van der Waals surface area contributed by atoms with Crippen LogP contribution in [0, 0.1) is 17.3 Å². The second kappa shape index (κ2) is 4.08. The van der Waals surface area contributed by atoms with Crippen LogP contribution in [0.2, 0.25) is 0 Å².